The molecule has 102 valence electrons. The first-order valence-corrected chi connectivity index (χ1v) is 7.24. The van der Waals surface area contributed by atoms with Gasteiger partial charge in [0.15, 0.2) is 5.78 Å². The highest BCUT2D eigenvalue weighted by molar-refractivity contribution is 6.01. The molecule has 0 bridgehead atoms. The normalized spacial score (nSPS) is 23.8. The van der Waals surface area contributed by atoms with Crippen molar-refractivity contribution in [2.24, 2.45) is 5.92 Å². The van der Waals surface area contributed by atoms with Crippen LogP contribution in [0.25, 0.3) is 0 Å². The topological polar surface area (TPSA) is 29.5 Å². The van der Waals surface area contributed by atoms with Crippen molar-refractivity contribution in [1.82, 2.24) is 4.90 Å². The van der Waals surface area contributed by atoms with Crippen molar-refractivity contribution in [1.29, 1.82) is 0 Å². The Labute approximate surface area is 114 Å². The molecule has 1 atom stereocenters. The molecule has 1 aromatic rings. The van der Waals surface area contributed by atoms with Gasteiger partial charge in [0, 0.05) is 12.5 Å². The Morgan fingerprint density at radius 3 is 2.89 bits per heavy atom. The number of para-hydroxylation sites is 1. The molecule has 3 nitrogen and oxygen atoms in total. The molecule has 0 amide bonds. The molecule has 0 aliphatic carbocycles. The number of Topliss-reactive ketones (excluding diaryl/α,β-unsaturated/α-hetero) is 1. The van der Waals surface area contributed by atoms with Crippen molar-refractivity contribution >= 4 is 5.78 Å². The molecule has 1 saturated heterocycles. The van der Waals surface area contributed by atoms with Crippen molar-refractivity contribution in [2.75, 3.05) is 26.2 Å². The number of nitrogens with zero attached hydrogens (tertiary/aromatic N) is 1. The number of rotatable bonds is 2. The van der Waals surface area contributed by atoms with Crippen molar-refractivity contribution < 1.29 is 9.53 Å². The lowest BCUT2D eigenvalue weighted by Crippen LogP contribution is -2.31. The van der Waals surface area contributed by atoms with E-state index in [1.807, 2.05) is 25.1 Å². The molecule has 3 heteroatoms. The lowest BCUT2D eigenvalue weighted by molar-refractivity contribution is 0.0883. The van der Waals surface area contributed by atoms with Crippen LogP contribution in [0.4, 0.5) is 0 Å². The first-order valence-electron chi connectivity index (χ1n) is 7.24. The molecule has 0 spiro atoms. The third-order valence-electron chi connectivity index (χ3n) is 4.24. The summed E-state index contributed by atoms with van der Waals surface area (Å²) in [5, 5.41) is 0. The fourth-order valence-electron chi connectivity index (χ4n) is 3.14. The number of ketones is 1. The van der Waals surface area contributed by atoms with Crippen LogP contribution in [-0.4, -0.2) is 36.9 Å². The van der Waals surface area contributed by atoms with Crippen LogP contribution in [0.3, 0.4) is 0 Å². The fourth-order valence-corrected chi connectivity index (χ4v) is 3.14. The minimum Gasteiger partial charge on any atom is -0.493 e. The van der Waals surface area contributed by atoms with Crippen LogP contribution < -0.4 is 4.74 Å². The van der Waals surface area contributed by atoms with Crippen LogP contribution in [0.2, 0.25) is 0 Å². The average molecular weight is 259 g/mol. The van der Waals surface area contributed by atoms with E-state index in [0.29, 0.717) is 6.61 Å². The standard InChI is InChI=1S/C16H21NO2/c1-12-5-4-6-14-15(18)13(7-10-19-16(12)14)11-17-8-2-3-9-17/h4-6,13H,2-3,7-11H2,1H3. The highest BCUT2D eigenvalue weighted by atomic mass is 16.5. The molecular formula is C16H21NO2. The lowest BCUT2D eigenvalue weighted by Gasteiger charge is -2.20. The highest BCUT2D eigenvalue weighted by Crippen LogP contribution is 2.30. The number of carbonyl (C=O) groups is 1. The summed E-state index contributed by atoms with van der Waals surface area (Å²) in [4.78, 5) is 15.1. The Morgan fingerprint density at radius 1 is 1.32 bits per heavy atom. The Kier molecular flexibility index (Phi) is 3.56. The maximum Gasteiger partial charge on any atom is 0.171 e. The maximum absolute atomic E-state index is 12.7. The number of fused-ring (bicyclic) bond motifs is 1. The third kappa shape index (κ3) is 2.52. The average Bonchev–Trinajstić information content (AvgIpc) is 2.85. The molecule has 1 fully saturated rings. The number of aryl methyl sites for hydroxylation is 1. The molecule has 1 aromatic carbocycles. The summed E-state index contributed by atoms with van der Waals surface area (Å²) >= 11 is 0. The van der Waals surface area contributed by atoms with Gasteiger partial charge in [-0.1, -0.05) is 12.1 Å². The molecule has 0 saturated carbocycles. The van der Waals surface area contributed by atoms with Crippen molar-refractivity contribution in [3.63, 3.8) is 0 Å². The van der Waals surface area contributed by atoms with Gasteiger partial charge >= 0.3 is 0 Å². The van der Waals surface area contributed by atoms with Crippen LogP contribution in [0.1, 0.15) is 35.2 Å². The monoisotopic (exact) mass is 259 g/mol. The zero-order valence-corrected chi connectivity index (χ0v) is 11.5. The van der Waals surface area contributed by atoms with E-state index in [1.165, 1.54) is 12.8 Å². The summed E-state index contributed by atoms with van der Waals surface area (Å²) in [6, 6.07) is 5.87. The van der Waals surface area contributed by atoms with Crippen LogP contribution >= 0.6 is 0 Å². The molecule has 2 aliphatic heterocycles. The molecule has 0 radical (unpaired) electrons. The second kappa shape index (κ2) is 5.33. The number of likely N-dealkylation sites (tertiary alicyclic amines) is 1. The van der Waals surface area contributed by atoms with E-state index in [2.05, 4.69) is 4.90 Å². The molecule has 3 rings (SSSR count). The Morgan fingerprint density at radius 2 is 2.11 bits per heavy atom. The van der Waals surface area contributed by atoms with Crippen molar-refractivity contribution in [3.05, 3.63) is 29.3 Å². The smallest absolute Gasteiger partial charge is 0.171 e. The quantitative estimate of drug-likeness (QED) is 0.818. The molecule has 19 heavy (non-hydrogen) atoms. The van der Waals surface area contributed by atoms with Crippen LogP contribution in [0.15, 0.2) is 18.2 Å². The van der Waals surface area contributed by atoms with Gasteiger partial charge in [0.2, 0.25) is 0 Å². The van der Waals surface area contributed by atoms with Crippen LogP contribution in [0.5, 0.6) is 5.75 Å². The van der Waals surface area contributed by atoms with E-state index < -0.39 is 0 Å². The van der Waals surface area contributed by atoms with E-state index in [9.17, 15) is 4.79 Å². The van der Waals surface area contributed by atoms with Crippen LogP contribution in [-0.2, 0) is 0 Å². The number of carbonyl (C=O) groups excluding carboxylic acids is 1. The molecular weight excluding hydrogens is 238 g/mol. The van der Waals surface area contributed by atoms with E-state index in [1.54, 1.807) is 0 Å². The zero-order valence-electron chi connectivity index (χ0n) is 11.5. The minimum atomic E-state index is 0.0983. The predicted octanol–water partition coefficient (Wildman–Crippen LogP) is 2.67. The Hall–Kier alpha value is -1.35. The lowest BCUT2D eigenvalue weighted by atomic mass is 9.94. The summed E-state index contributed by atoms with van der Waals surface area (Å²) in [5.74, 6) is 1.17. The van der Waals surface area contributed by atoms with Gasteiger partial charge in [0.1, 0.15) is 5.75 Å². The number of benzene rings is 1. The van der Waals surface area contributed by atoms with Gasteiger partial charge in [-0.15, -0.1) is 0 Å². The van der Waals surface area contributed by atoms with Gasteiger partial charge in [-0.05, 0) is 50.9 Å². The largest absolute Gasteiger partial charge is 0.493 e. The van der Waals surface area contributed by atoms with Gasteiger partial charge in [-0.2, -0.15) is 0 Å². The van der Waals surface area contributed by atoms with E-state index >= 15 is 0 Å². The molecule has 0 N–H and O–H groups in total. The van der Waals surface area contributed by atoms with Crippen LogP contribution in [0, 0.1) is 12.8 Å². The first kappa shape index (κ1) is 12.7. The van der Waals surface area contributed by atoms with Crippen molar-refractivity contribution in [2.45, 2.75) is 26.2 Å². The number of hydrogen-bond acceptors (Lipinski definition) is 3. The second-order valence-electron chi connectivity index (χ2n) is 5.66. The van der Waals surface area contributed by atoms with E-state index in [4.69, 9.17) is 4.74 Å². The second-order valence-corrected chi connectivity index (χ2v) is 5.66. The van der Waals surface area contributed by atoms with Gasteiger partial charge in [-0.25, -0.2) is 0 Å². The first-order chi connectivity index (χ1) is 9.25. The summed E-state index contributed by atoms with van der Waals surface area (Å²) in [6.07, 6.45) is 3.38. The Bertz CT molecular complexity index is 478. The van der Waals surface area contributed by atoms with Gasteiger partial charge in [0.25, 0.3) is 0 Å². The summed E-state index contributed by atoms with van der Waals surface area (Å²) < 4.78 is 5.81. The summed E-state index contributed by atoms with van der Waals surface area (Å²) in [6.45, 7) is 5.85. The highest BCUT2D eigenvalue weighted by Gasteiger charge is 2.29. The van der Waals surface area contributed by atoms with E-state index in [-0.39, 0.29) is 11.7 Å². The van der Waals surface area contributed by atoms with Gasteiger partial charge in [0.05, 0.1) is 12.2 Å². The molecule has 2 aliphatic rings. The molecule has 2 heterocycles. The Balaban J connectivity index is 1.82. The molecule has 0 aromatic heterocycles. The fraction of sp³-hybridized carbons (Fsp3) is 0.562. The summed E-state index contributed by atoms with van der Waals surface area (Å²) in [5.41, 5.74) is 1.84. The minimum absolute atomic E-state index is 0.0983. The maximum atomic E-state index is 12.7. The molecule has 1 unspecified atom stereocenters. The SMILES string of the molecule is Cc1cccc2c1OCCC(CN1CCCC1)C2=O. The van der Waals surface area contributed by atoms with Gasteiger partial charge in [-0.3, -0.25) is 4.79 Å². The predicted molar refractivity (Wildman–Crippen MR) is 74.8 cm³/mol. The zero-order chi connectivity index (χ0) is 13.2. The summed E-state index contributed by atoms with van der Waals surface area (Å²) in [7, 11) is 0. The third-order valence-corrected chi connectivity index (χ3v) is 4.24. The number of hydrogen-bond donors (Lipinski definition) is 0. The van der Waals surface area contributed by atoms with E-state index in [0.717, 1.165) is 42.9 Å². The van der Waals surface area contributed by atoms with Crippen molar-refractivity contribution in [3.8, 4) is 5.75 Å². The number of ether oxygens (including phenoxy) is 1. The van der Waals surface area contributed by atoms with Gasteiger partial charge < -0.3 is 9.64 Å².